The Bertz CT molecular complexity index is 547. The SMILES string of the molecule is CCCC(C)NC(=O)COC(=O)c1cc(OC)c(OC)c(OC)c1. The van der Waals surface area contributed by atoms with Crippen molar-refractivity contribution in [3.05, 3.63) is 17.7 Å². The van der Waals surface area contributed by atoms with E-state index in [9.17, 15) is 9.59 Å². The van der Waals surface area contributed by atoms with Crippen molar-refractivity contribution in [1.82, 2.24) is 5.32 Å². The van der Waals surface area contributed by atoms with Crippen LogP contribution < -0.4 is 19.5 Å². The number of amides is 1. The molecular weight excluding hydrogens is 314 g/mol. The van der Waals surface area contributed by atoms with E-state index in [2.05, 4.69) is 5.32 Å². The smallest absolute Gasteiger partial charge is 0.338 e. The molecule has 0 aliphatic heterocycles. The van der Waals surface area contributed by atoms with Crippen LogP contribution >= 0.6 is 0 Å². The molecule has 0 aliphatic rings. The minimum atomic E-state index is -0.646. The Balaban J connectivity index is 2.76. The van der Waals surface area contributed by atoms with Crippen LogP contribution in [0.25, 0.3) is 0 Å². The third-order valence-corrected chi connectivity index (χ3v) is 3.36. The Morgan fingerprint density at radius 1 is 1.08 bits per heavy atom. The van der Waals surface area contributed by atoms with E-state index in [0.717, 1.165) is 12.8 Å². The summed E-state index contributed by atoms with van der Waals surface area (Å²) in [6.45, 7) is 3.60. The molecule has 1 N–H and O–H groups in total. The largest absolute Gasteiger partial charge is 0.493 e. The Labute approximate surface area is 142 Å². The van der Waals surface area contributed by atoms with Gasteiger partial charge in [0.2, 0.25) is 5.75 Å². The first-order valence-electron chi connectivity index (χ1n) is 7.73. The van der Waals surface area contributed by atoms with Crippen molar-refractivity contribution in [3.63, 3.8) is 0 Å². The Hall–Kier alpha value is -2.44. The zero-order valence-electron chi connectivity index (χ0n) is 14.8. The van der Waals surface area contributed by atoms with Crippen molar-refractivity contribution in [2.75, 3.05) is 27.9 Å². The van der Waals surface area contributed by atoms with Crippen LogP contribution in [0.15, 0.2) is 12.1 Å². The van der Waals surface area contributed by atoms with Gasteiger partial charge < -0.3 is 24.3 Å². The van der Waals surface area contributed by atoms with Gasteiger partial charge in [0.1, 0.15) is 0 Å². The van der Waals surface area contributed by atoms with Crippen LogP contribution in [-0.2, 0) is 9.53 Å². The van der Waals surface area contributed by atoms with Gasteiger partial charge in [0, 0.05) is 6.04 Å². The van der Waals surface area contributed by atoms with Crippen LogP contribution in [0, 0.1) is 0 Å². The molecule has 1 rings (SSSR count). The highest BCUT2D eigenvalue weighted by Crippen LogP contribution is 2.38. The number of esters is 1. The third kappa shape index (κ3) is 5.33. The molecule has 1 atom stereocenters. The van der Waals surface area contributed by atoms with Gasteiger partial charge in [-0.2, -0.15) is 0 Å². The van der Waals surface area contributed by atoms with Crippen LogP contribution in [-0.4, -0.2) is 45.9 Å². The molecule has 0 aromatic heterocycles. The van der Waals surface area contributed by atoms with Crippen molar-refractivity contribution in [2.24, 2.45) is 0 Å². The highest BCUT2D eigenvalue weighted by molar-refractivity contribution is 5.92. The summed E-state index contributed by atoms with van der Waals surface area (Å²) in [4.78, 5) is 23.9. The van der Waals surface area contributed by atoms with Gasteiger partial charge >= 0.3 is 5.97 Å². The van der Waals surface area contributed by atoms with Crippen molar-refractivity contribution >= 4 is 11.9 Å². The van der Waals surface area contributed by atoms with Crippen molar-refractivity contribution in [1.29, 1.82) is 0 Å². The predicted octanol–water partition coefficient (Wildman–Crippen LogP) is 2.17. The predicted molar refractivity (Wildman–Crippen MR) is 88.9 cm³/mol. The molecule has 1 aromatic carbocycles. The Morgan fingerprint density at radius 2 is 1.67 bits per heavy atom. The summed E-state index contributed by atoms with van der Waals surface area (Å²) < 4.78 is 20.6. The quantitative estimate of drug-likeness (QED) is 0.694. The summed E-state index contributed by atoms with van der Waals surface area (Å²) in [6.07, 6.45) is 1.83. The van der Waals surface area contributed by atoms with Gasteiger partial charge in [0.25, 0.3) is 5.91 Å². The summed E-state index contributed by atoms with van der Waals surface area (Å²) in [6, 6.07) is 2.99. The number of nitrogens with one attached hydrogen (secondary N) is 1. The van der Waals surface area contributed by atoms with Gasteiger partial charge in [-0.15, -0.1) is 0 Å². The average Bonchev–Trinajstić information content (AvgIpc) is 2.58. The van der Waals surface area contributed by atoms with E-state index in [0.29, 0.717) is 17.2 Å². The number of rotatable bonds is 9. The lowest BCUT2D eigenvalue weighted by atomic mass is 10.2. The van der Waals surface area contributed by atoms with E-state index in [1.54, 1.807) is 0 Å². The number of hydrogen-bond acceptors (Lipinski definition) is 6. The molecule has 1 aromatic rings. The van der Waals surface area contributed by atoms with Gasteiger partial charge in [-0.05, 0) is 25.5 Å². The maximum Gasteiger partial charge on any atom is 0.338 e. The fourth-order valence-electron chi connectivity index (χ4n) is 2.24. The maximum atomic E-state index is 12.1. The van der Waals surface area contributed by atoms with Crippen molar-refractivity contribution in [2.45, 2.75) is 32.7 Å². The molecule has 0 bridgehead atoms. The van der Waals surface area contributed by atoms with Crippen LogP contribution in [0.1, 0.15) is 37.0 Å². The highest BCUT2D eigenvalue weighted by Gasteiger charge is 2.18. The van der Waals surface area contributed by atoms with E-state index in [1.165, 1.54) is 33.5 Å². The van der Waals surface area contributed by atoms with E-state index in [-0.39, 0.29) is 24.1 Å². The van der Waals surface area contributed by atoms with E-state index >= 15 is 0 Å². The molecule has 0 saturated heterocycles. The van der Waals surface area contributed by atoms with E-state index in [4.69, 9.17) is 18.9 Å². The molecule has 1 unspecified atom stereocenters. The zero-order chi connectivity index (χ0) is 18.1. The standard InChI is InChI=1S/C17H25NO6/c1-6-7-11(2)18-15(19)10-24-17(20)12-8-13(21-3)16(23-5)14(9-12)22-4/h8-9,11H,6-7,10H2,1-5H3,(H,18,19). The Kier molecular flexibility index (Phi) is 7.88. The first-order chi connectivity index (χ1) is 11.5. The number of ether oxygens (including phenoxy) is 4. The second kappa shape index (κ2) is 9.64. The van der Waals surface area contributed by atoms with E-state index < -0.39 is 5.97 Å². The van der Waals surface area contributed by atoms with Gasteiger partial charge in [-0.25, -0.2) is 4.79 Å². The van der Waals surface area contributed by atoms with Crippen molar-refractivity contribution in [3.8, 4) is 17.2 Å². The van der Waals surface area contributed by atoms with Crippen LogP contribution in [0.3, 0.4) is 0 Å². The lowest BCUT2D eigenvalue weighted by molar-refractivity contribution is -0.124. The summed E-state index contributed by atoms with van der Waals surface area (Å²) in [5.41, 5.74) is 0.207. The van der Waals surface area contributed by atoms with Gasteiger partial charge in [-0.1, -0.05) is 13.3 Å². The monoisotopic (exact) mass is 339 g/mol. The van der Waals surface area contributed by atoms with E-state index in [1.807, 2.05) is 13.8 Å². The van der Waals surface area contributed by atoms with Gasteiger partial charge in [0.15, 0.2) is 18.1 Å². The lowest BCUT2D eigenvalue weighted by Crippen LogP contribution is -2.35. The Morgan fingerprint density at radius 3 is 2.12 bits per heavy atom. The number of methoxy groups -OCH3 is 3. The third-order valence-electron chi connectivity index (χ3n) is 3.36. The normalized spacial score (nSPS) is 11.4. The summed E-state index contributed by atoms with van der Waals surface area (Å²) >= 11 is 0. The molecule has 0 saturated carbocycles. The molecule has 0 aliphatic carbocycles. The number of carbonyl (C=O) groups is 2. The second-order valence-corrected chi connectivity index (χ2v) is 5.25. The lowest BCUT2D eigenvalue weighted by Gasteiger charge is -2.14. The molecule has 7 nitrogen and oxygen atoms in total. The summed E-state index contributed by atoms with van der Waals surface area (Å²) in [7, 11) is 4.38. The number of benzene rings is 1. The maximum absolute atomic E-state index is 12.1. The molecule has 7 heteroatoms. The molecule has 1 amide bonds. The zero-order valence-corrected chi connectivity index (χ0v) is 14.8. The fraction of sp³-hybridized carbons (Fsp3) is 0.529. The number of hydrogen-bond donors (Lipinski definition) is 1. The molecule has 0 heterocycles. The molecule has 134 valence electrons. The topological polar surface area (TPSA) is 83.1 Å². The van der Waals surface area contributed by atoms with Crippen LogP contribution in [0.4, 0.5) is 0 Å². The highest BCUT2D eigenvalue weighted by atomic mass is 16.5. The average molecular weight is 339 g/mol. The molecule has 0 fully saturated rings. The molecular formula is C17H25NO6. The summed E-state index contributed by atoms with van der Waals surface area (Å²) in [5.74, 6) is 0.0709. The molecule has 0 spiro atoms. The minimum Gasteiger partial charge on any atom is -0.493 e. The first-order valence-corrected chi connectivity index (χ1v) is 7.73. The van der Waals surface area contributed by atoms with Gasteiger partial charge in [-0.3, -0.25) is 4.79 Å². The van der Waals surface area contributed by atoms with Crippen LogP contribution in [0.5, 0.6) is 17.2 Å². The van der Waals surface area contributed by atoms with Crippen molar-refractivity contribution < 1.29 is 28.5 Å². The van der Waals surface area contributed by atoms with Gasteiger partial charge in [0.05, 0.1) is 26.9 Å². The second-order valence-electron chi connectivity index (χ2n) is 5.25. The first kappa shape index (κ1) is 19.6. The summed E-state index contributed by atoms with van der Waals surface area (Å²) in [5, 5.41) is 2.77. The van der Waals surface area contributed by atoms with Crippen LogP contribution in [0.2, 0.25) is 0 Å². The minimum absolute atomic E-state index is 0.0439. The molecule has 0 radical (unpaired) electrons. The number of carbonyl (C=O) groups excluding carboxylic acids is 2. The molecule has 24 heavy (non-hydrogen) atoms. The fourth-order valence-corrected chi connectivity index (χ4v) is 2.24.